The van der Waals surface area contributed by atoms with Gasteiger partial charge >= 0.3 is 5.97 Å². The zero-order valence-electron chi connectivity index (χ0n) is 19.9. The maximum atomic E-state index is 13.4. The molecule has 1 fully saturated rings. The number of anilines is 1. The second kappa shape index (κ2) is 10.3. The summed E-state index contributed by atoms with van der Waals surface area (Å²) in [6, 6.07) is 17.3. The van der Waals surface area contributed by atoms with Crippen molar-refractivity contribution >= 4 is 40.7 Å². The molecule has 1 N–H and O–H groups in total. The number of ether oxygens (including phenoxy) is 2. The van der Waals surface area contributed by atoms with Crippen molar-refractivity contribution in [1.29, 1.82) is 0 Å². The van der Waals surface area contributed by atoms with Crippen LogP contribution in [0.25, 0.3) is 5.76 Å². The van der Waals surface area contributed by atoms with Crippen molar-refractivity contribution in [2.75, 3.05) is 18.6 Å². The first kappa shape index (κ1) is 25.0. The second-order valence-electron chi connectivity index (χ2n) is 8.15. The molecule has 7 nitrogen and oxygen atoms in total. The number of amides is 1. The van der Waals surface area contributed by atoms with E-state index in [1.54, 1.807) is 49.4 Å². The van der Waals surface area contributed by atoms with Crippen molar-refractivity contribution in [3.63, 3.8) is 0 Å². The number of aliphatic hydroxyl groups excluding tert-OH is 1. The number of aliphatic hydroxyl groups is 1. The van der Waals surface area contributed by atoms with Crippen molar-refractivity contribution in [2.24, 2.45) is 0 Å². The quantitative estimate of drug-likeness (QED) is 0.207. The molecule has 1 atom stereocenters. The maximum absolute atomic E-state index is 13.4. The molecule has 36 heavy (non-hydrogen) atoms. The van der Waals surface area contributed by atoms with Crippen LogP contribution in [0, 0.1) is 6.92 Å². The number of esters is 1. The van der Waals surface area contributed by atoms with E-state index in [4.69, 9.17) is 21.1 Å². The molecule has 0 bridgehead atoms. The standard InChI is InChI=1S/C28H24ClNO6/c1-4-36-28(34)18-9-7-10-19(14-18)30-24(20-11-6-5-8-16(20)2)23(26(32)27(30)33)25(31)17-12-13-22(35-3)21(29)15-17/h5-15,24,31H,4H2,1-3H3/b25-23+. The van der Waals surface area contributed by atoms with Crippen LogP contribution in [-0.2, 0) is 14.3 Å². The number of methoxy groups -OCH3 is 1. The molecule has 8 heteroatoms. The Balaban J connectivity index is 1.93. The average Bonchev–Trinajstić information content (AvgIpc) is 3.14. The van der Waals surface area contributed by atoms with Crippen LogP contribution in [0.4, 0.5) is 5.69 Å². The Kier molecular flexibility index (Phi) is 7.12. The van der Waals surface area contributed by atoms with Gasteiger partial charge < -0.3 is 14.6 Å². The van der Waals surface area contributed by atoms with E-state index in [1.165, 1.54) is 24.1 Å². The smallest absolute Gasteiger partial charge is 0.338 e. The van der Waals surface area contributed by atoms with Crippen LogP contribution < -0.4 is 9.64 Å². The Bertz CT molecular complexity index is 1400. The first-order valence-corrected chi connectivity index (χ1v) is 11.6. The van der Waals surface area contributed by atoms with Crippen molar-refractivity contribution in [3.05, 3.63) is 99.6 Å². The van der Waals surface area contributed by atoms with Gasteiger partial charge in [0.2, 0.25) is 0 Å². The molecule has 1 unspecified atom stereocenters. The monoisotopic (exact) mass is 505 g/mol. The van der Waals surface area contributed by atoms with Gasteiger partial charge in [0.25, 0.3) is 11.7 Å². The summed E-state index contributed by atoms with van der Waals surface area (Å²) in [6.07, 6.45) is 0. The summed E-state index contributed by atoms with van der Waals surface area (Å²) in [5.41, 5.74) is 2.20. The van der Waals surface area contributed by atoms with Gasteiger partial charge in [0.05, 0.1) is 35.9 Å². The Morgan fingerprint density at radius 2 is 1.78 bits per heavy atom. The molecule has 0 aromatic heterocycles. The van der Waals surface area contributed by atoms with Crippen LogP contribution in [0.3, 0.4) is 0 Å². The lowest BCUT2D eigenvalue weighted by Crippen LogP contribution is -2.30. The van der Waals surface area contributed by atoms with Gasteiger partial charge in [-0.25, -0.2) is 4.79 Å². The number of ketones is 1. The lowest BCUT2D eigenvalue weighted by molar-refractivity contribution is -0.132. The van der Waals surface area contributed by atoms with Crippen molar-refractivity contribution in [1.82, 2.24) is 0 Å². The number of aryl methyl sites for hydroxylation is 1. The third-order valence-electron chi connectivity index (χ3n) is 5.99. The fraction of sp³-hybridized carbons (Fsp3) is 0.179. The van der Waals surface area contributed by atoms with Crippen molar-refractivity contribution in [3.8, 4) is 5.75 Å². The molecule has 4 rings (SSSR count). The highest BCUT2D eigenvalue weighted by atomic mass is 35.5. The number of nitrogens with zero attached hydrogens (tertiary/aromatic N) is 1. The predicted octanol–water partition coefficient (Wildman–Crippen LogP) is 5.46. The Hall–Kier alpha value is -4.10. The Morgan fingerprint density at radius 1 is 1.03 bits per heavy atom. The fourth-order valence-corrected chi connectivity index (χ4v) is 4.51. The van der Waals surface area contributed by atoms with E-state index in [1.807, 2.05) is 19.1 Å². The van der Waals surface area contributed by atoms with Crippen LogP contribution >= 0.6 is 11.6 Å². The highest BCUT2D eigenvalue weighted by Gasteiger charge is 2.47. The minimum Gasteiger partial charge on any atom is -0.507 e. The number of Topliss-reactive ketones (excluding diaryl/α,β-unsaturated/α-hetero) is 1. The number of hydrogen-bond acceptors (Lipinski definition) is 6. The van der Waals surface area contributed by atoms with E-state index in [0.717, 1.165) is 5.56 Å². The molecule has 1 aliphatic rings. The van der Waals surface area contributed by atoms with E-state index >= 15 is 0 Å². The molecule has 1 amide bonds. The number of benzene rings is 3. The molecule has 1 aliphatic heterocycles. The third kappa shape index (κ3) is 4.45. The first-order valence-electron chi connectivity index (χ1n) is 11.3. The summed E-state index contributed by atoms with van der Waals surface area (Å²) in [6.45, 7) is 3.75. The number of hydrogen-bond donors (Lipinski definition) is 1. The van der Waals surface area contributed by atoms with Gasteiger partial charge in [-0.2, -0.15) is 0 Å². The maximum Gasteiger partial charge on any atom is 0.338 e. The molecular formula is C28H24ClNO6. The van der Waals surface area contributed by atoms with E-state index in [9.17, 15) is 19.5 Å². The van der Waals surface area contributed by atoms with Gasteiger partial charge in [-0.1, -0.05) is 41.9 Å². The third-order valence-corrected chi connectivity index (χ3v) is 6.28. The molecule has 0 saturated carbocycles. The summed E-state index contributed by atoms with van der Waals surface area (Å²) in [5.74, 6) is -2.19. The highest BCUT2D eigenvalue weighted by molar-refractivity contribution is 6.51. The summed E-state index contributed by atoms with van der Waals surface area (Å²) >= 11 is 6.26. The summed E-state index contributed by atoms with van der Waals surface area (Å²) in [4.78, 5) is 40.4. The SMILES string of the molecule is CCOC(=O)c1cccc(N2C(=O)C(=O)/C(=C(/O)c3ccc(OC)c(Cl)c3)C2c2ccccc2C)c1. The lowest BCUT2D eigenvalue weighted by atomic mass is 9.92. The Morgan fingerprint density at radius 3 is 2.44 bits per heavy atom. The normalized spacial score (nSPS) is 16.8. The van der Waals surface area contributed by atoms with Crippen molar-refractivity contribution < 1.29 is 29.0 Å². The van der Waals surface area contributed by atoms with Gasteiger partial charge in [-0.15, -0.1) is 0 Å². The summed E-state index contributed by atoms with van der Waals surface area (Å²) in [7, 11) is 1.47. The zero-order valence-corrected chi connectivity index (χ0v) is 20.7. The second-order valence-corrected chi connectivity index (χ2v) is 8.55. The topological polar surface area (TPSA) is 93.1 Å². The van der Waals surface area contributed by atoms with Gasteiger partial charge in [-0.05, 0) is 61.4 Å². The first-order chi connectivity index (χ1) is 17.3. The van der Waals surface area contributed by atoms with Gasteiger partial charge in [0.15, 0.2) is 0 Å². The average molecular weight is 506 g/mol. The minimum atomic E-state index is -0.940. The number of carbonyl (C=O) groups excluding carboxylic acids is 3. The number of rotatable bonds is 6. The molecule has 1 saturated heterocycles. The summed E-state index contributed by atoms with van der Waals surface area (Å²) < 4.78 is 10.3. The van der Waals surface area contributed by atoms with Gasteiger partial charge in [0, 0.05) is 11.3 Å². The van der Waals surface area contributed by atoms with Crippen LogP contribution in [-0.4, -0.2) is 36.5 Å². The van der Waals surface area contributed by atoms with E-state index in [2.05, 4.69) is 0 Å². The predicted molar refractivity (Wildman–Crippen MR) is 136 cm³/mol. The molecule has 0 spiro atoms. The van der Waals surface area contributed by atoms with Crippen LogP contribution in [0.15, 0.2) is 72.3 Å². The molecule has 3 aromatic rings. The van der Waals surface area contributed by atoms with Gasteiger partial charge in [0.1, 0.15) is 11.5 Å². The van der Waals surface area contributed by atoms with E-state index in [0.29, 0.717) is 17.0 Å². The highest BCUT2D eigenvalue weighted by Crippen LogP contribution is 2.43. The zero-order chi connectivity index (χ0) is 26.0. The fourth-order valence-electron chi connectivity index (χ4n) is 4.25. The molecule has 1 heterocycles. The molecule has 3 aromatic carbocycles. The minimum absolute atomic E-state index is 0.0860. The van der Waals surface area contributed by atoms with E-state index in [-0.39, 0.29) is 34.1 Å². The molecule has 0 radical (unpaired) electrons. The molecular weight excluding hydrogens is 482 g/mol. The van der Waals surface area contributed by atoms with Crippen LogP contribution in [0.2, 0.25) is 5.02 Å². The molecule has 184 valence electrons. The molecule has 0 aliphatic carbocycles. The van der Waals surface area contributed by atoms with Gasteiger partial charge in [-0.3, -0.25) is 14.5 Å². The Labute approximate surface area is 213 Å². The largest absolute Gasteiger partial charge is 0.507 e. The number of halogens is 1. The van der Waals surface area contributed by atoms with Crippen LogP contribution in [0.5, 0.6) is 5.75 Å². The lowest BCUT2D eigenvalue weighted by Gasteiger charge is -2.27. The van der Waals surface area contributed by atoms with Crippen molar-refractivity contribution in [2.45, 2.75) is 19.9 Å². The number of carbonyl (C=O) groups is 3. The summed E-state index contributed by atoms with van der Waals surface area (Å²) in [5, 5.41) is 11.5. The van der Waals surface area contributed by atoms with Crippen LogP contribution in [0.1, 0.15) is 40.0 Å². The van der Waals surface area contributed by atoms with E-state index < -0.39 is 23.7 Å².